The van der Waals surface area contributed by atoms with Crippen molar-refractivity contribution in [2.24, 2.45) is 11.8 Å². The molecule has 86 valence electrons. The maximum atomic E-state index is 12.0. The number of halogens is 3. The number of nitrogens with two attached hydrogens (primary N) is 1. The molecule has 2 atom stereocenters. The van der Waals surface area contributed by atoms with Gasteiger partial charge in [-0.1, -0.05) is 26.7 Å². The van der Waals surface area contributed by atoms with Gasteiger partial charge >= 0.3 is 6.18 Å². The van der Waals surface area contributed by atoms with E-state index in [4.69, 9.17) is 5.84 Å². The van der Waals surface area contributed by atoms with Crippen LogP contribution in [0.3, 0.4) is 0 Å². The zero-order valence-electron chi connectivity index (χ0n) is 8.69. The maximum absolute atomic E-state index is 12.0. The fraction of sp³-hybridized carbons (Fsp3) is 1.00. The number of hydrogen-bond acceptors (Lipinski definition) is 2. The minimum absolute atomic E-state index is 0.281. The third-order valence-electron chi connectivity index (χ3n) is 2.18. The van der Waals surface area contributed by atoms with Crippen LogP contribution in [-0.2, 0) is 0 Å². The predicted molar refractivity (Wildman–Crippen MR) is 50.5 cm³/mol. The second-order valence-corrected chi connectivity index (χ2v) is 3.81. The Labute approximate surface area is 83.0 Å². The fourth-order valence-corrected chi connectivity index (χ4v) is 1.59. The van der Waals surface area contributed by atoms with E-state index in [9.17, 15) is 13.2 Å². The van der Waals surface area contributed by atoms with Gasteiger partial charge in [0.2, 0.25) is 0 Å². The van der Waals surface area contributed by atoms with Crippen molar-refractivity contribution in [3.05, 3.63) is 0 Å². The zero-order valence-corrected chi connectivity index (χ0v) is 8.69. The van der Waals surface area contributed by atoms with E-state index in [1.54, 1.807) is 0 Å². The summed E-state index contributed by atoms with van der Waals surface area (Å²) in [6.45, 7) is 3.97. The molecule has 0 spiro atoms. The van der Waals surface area contributed by atoms with E-state index in [0.717, 1.165) is 12.8 Å². The molecule has 0 bridgehead atoms. The van der Waals surface area contributed by atoms with Crippen LogP contribution >= 0.6 is 0 Å². The van der Waals surface area contributed by atoms with Gasteiger partial charge < -0.3 is 0 Å². The molecule has 0 saturated heterocycles. The summed E-state index contributed by atoms with van der Waals surface area (Å²) in [5, 5.41) is 0. The summed E-state index contributed by atoms with van der Waals surface area (Å²) in [6, 6.07) is -0.656. The van der Waals surface area contributed by atoms with E-state index in [1.165, 1.54) is 0 Å². The van der Waals surface area contributed by atoms with Crippen LogP contribution in [-0.4, -0.2) is 12.2 Å². The molecule has 0 aliphatic heterocycles. The van der Waals surface area contributed by atoms with Gasteiger partial charge in [0.25, 0.3) is 0 Å². The van der Waals surface area contributed by atoms with Gasteiger partial charge in [0.15, 0.2) is 0 Å². The maximum Gasteiger partial charge on any atom is 0.390 e. The second-order valence-electron chi connectivity index (χ2n) is 3.81. The van der Waals surface area contributed by atoms with Crippen molar-refractivity contribution >= 4 is 0 Å². The Kier molecular flexibility index (Phi) is 6.11. The Morgan fingerprint density at radius 1 is 1.36 bits per heavy atom. The number of hydrazine groups is 1. The SMILES string of the molecule is CCCC(C)CC(CC(F)(F)F)NN. The van der Waals surface area contributed by atoms with E-state index >= 15 is 0 Å². The van der Waals surface area contributed by atoms with Crippen molar-refractivity contribution in [3.63, 3.8) is 0 Å². The van der Waals surface area contributed by atoms with Gasteiger partial charge in [0.1, 0.15) is 0 Å². The van der Waals surface area contributed by atoms with E-state index in [0.29, 0.717) is 6.42 Å². The van der Waals surface area contributed by atoms with Gasteiger partial charge in [-0.05, 0) is 12.3 Å². The standard InChI is InChI=1S/C9H19F3N2/c1-3-4-7(2)5-8(14-13)6-9(10,11)12/h7-8,14H,3-6,13H2,1-2H3. The van der Waals surface area contributed by atoms with Crippen molar-refractivity contribution in [1.82, 2.24) is 5.43 Å². The van der Waals surface area contributed by atoms with Crippen LogP contribution in [0.25, 0.3) is 0 Å². The predicted octanol–water partition coefficient (Wildman–Crippen LogP) is 2.60. The molecule has 0 rings (SSSR count). The van der Waals surface area contributed by atoms with Gasteiger partial charge in [-0.25, -0.2) is 0 Å². The number of nitrogens with one attached hydrogen (secondary N) is 1. The molecule has 0 saturated carbocycles. The van der Waals surface area contributed by atoms with Crippen LogP contribution in [0.4, 0.5) is 13.2 Å². The molecule has 0 aliphatic carbocycles. The van der Waals surface area contributed by atoms with Gasteiger partial charge in [0.05, 0.1) is 6.42 Å². The Balaban J connectivity index is 3.90. The highest BCUT2D eigenvalue weighted by molar-refractivity contribution is 4.71. The van der Waals surface area contributed by atoms with Gasteiger partial charge in [-0.2, -0.15) is 13.2 Å². The van der Waals surface area contributed by atoms with E-state index in [2.05, 4.69) is 5.43 Å². The third kappa shape index (κ3) is 7.15. The van der Waals surface area contributed by atoms with Crippen LogP contribution in [0.15, 0.2) is 0 Å². The summed E-state index contributed by atoms with van der Waals surface area (Å²) in [5.41, 5.74) is 2.23. The Bertz CT molecular complexity index is 147. The lowest BCUT2D eigenvalue weighted by Gasteiger charge is -2.21. The summed E-state index contributed by atoms with van der Waals surface area (Å²) in [6.07, 6.45) is -2.58. The molecule has 14 heavy (non-hydrogen) atoms. The van der Waals surface area contributed by atoms with E-state index in [-0.39, 0.29) is 5.92 Å². The van der Waals surface area contributed by atoms with Crippen LogP contribution < -0.4 is 11.3 Å². The van der Waals surface area contributed by atoms with Crippen LogP contribution in [0, 0.1) is 5.92 Å². The van der Waals surface area contributed by atoms with Crippen LogP contribution in [0.2, 0.25) is 0 Å². The van der Waals surface area contributed by atoms with E-state index in [1.807, 2.05) is 13.8 Å². The first-order valence-corrected chi connectivity index (χ1v) is 4.92. The summed E-state index contributed by atoms with van der Waals surface area (Å²) < 4.78 is 36.1. The topological polar surface area (TPSA) is 38.0 Å². The monoisotopic (exact) mass is 212 g/mol. The molecular weight excluding hydrogens is 193 g/mol. The van der Waals surface area contributed by atoms with Gasteiger partial charge in [-0.15, -0.1) is 0 Å². The van der Waals surface area contributed by atoms with Crippen molar-refractivity contribution in [2.45, 2.75) is 51.7 Å². The van der Waals surface area contributed by atoms with Crippen molar-refractivity contribution in [1.29, 1.82) is 0 Å². The minimum atomic E-state index is -4.14. The molecule has 0 aliphatic rings. The molecule has 5 heteroatoms. The van der Waals surface area contributed by atoms with Crippen molar-refractivity contribution in [2.75, 3.05) is 0 Å². The lowest BCUT2D eigenvalue weighted by Crippen LogP contribution is -2.39. The highest BCUT2D eigenvalue weighted by Gasteiger charge is 2.31. The number of hydrogen-bond donors (Lipinski definition) is 2. The molecule has 0 amide bonds. The van der Waals surface area contributed by atoms with Crippen molar-refractivity contribution in [3.8, 4) is 0 Å². The normalized spacial score (nSPS) is 16.7. The first kappa shape index (κ1) is 13.7. The first-order valence-electron chi connectivity index (χ1n) is 4.92. The highest BCUT2D eigenvalue weighted by Crippen LogP contribution is 2.24. The lowest BCUT2D eigenvalue weighted by molar-refractivity contribution is -0.141. The number of alkyl halides is 3. The molecule has 0 fully saturated rings. The van der Waals surface area contributed by atoms with Crippen molar-refractivity contribution < 1.29 is 13.2 Å². The number of rotatable bonds is 6. The summed E-state index contributed by atoms with van der Waals surface area (Å²) in [7, 11) is 0. The summed E-state index contributed by atoms with van der Waals surface area (Å²) in [5.74, 6) is 5.36. The molecule has 0 heterocycles. The smallest absolute Gasteiger partial charge is 0.271 e. The molecule has 3 N–H and O–H groups in total. The Morgan fingerprint density at radius 3 is 2.29 bits per heavy atom. The van der Waals surface area contributed by atoms with Crippen LogP contribution in [0.5, 0.6) is 0 Å². The first-order chi connectivity index (χ1) is 6.39. The average Bonchev–Trinajstić information content (AvgIpc) is 2.01. The Morgan fingerprint density at radius 2 is 1.93 bits per heavy atom. The third-order valence-corrected chi connectivity index (χ3v) is 2.18. The second kappa shape index (κ2) is 6.24. The molecule has 0 aromatic rings. The lowest BCUT2D eigenvalue weighted by atomic mass is 9.96. The van der Waals surface area contributed by atoms with Crippen LogP contribution in [0.1, 0.15) is 39.5 Å². The minimum Gasteiger partial charge on any atom is -0.271 e. The van der Waals surface area contributed by atoms with Gasteiger partial charge in [-0.3, -0.25) is 11.3 Å². The molecule has 2 unspecified atom stereocenters. The molecular formula is C9H19F3N2. The molecule has 2 nitrogen and oxygen atoms in total. The largest absolute Gasteiger partial charge is 0.390 e. The average molecular weight is 212 g/mol. The summed E-state index contributed by atoms with van der Waals surface area (Å²) >= 11 is 0. The highest BCUT2D eigenvalue weighted by atomic mass is 19.4. The fourth-order valence-electron chi connectivity index (χ4n) is 1.59. The zero-order chi connectivity index (χ0) is 11.2. The summed E-state index contributed by atoms with van der Waals surface area (Å²) in [4.78, 5) is 0. The molecule has 0 radical (unpaired) electrons. The Hall–Kier alpha value is -0.290. The quantitative estimate of drug-likeness (QED) is 0.524. The van der Waals surface area contributed by atoms with Gasteiger partial charge in [0, 0.05) is 6.04 Å². The van der Waals surface area contributed by atoms with E-state index < -0.39 is 18.6 Å². The molecule has 0 aromatic carbocycles. The molecule has 0 aromatic heterocycles.